The number of rotatable bonds is 10. The number of anilines is 1. The Balaban J connectivity index is 1.29. The minimum atomic E-state index is -4.21. The van der Waals surface area contributed by atoms with Gasteiger partial charge in [-0.1, -0.05) is 42.0 Å². The number of fused-ring (bicyclic) bond motifs is 1. The van der Waals surface area contributed by atoms with Gasteiger partial charge in [-0.05, 0) is 61.8 Å². The van der Waals surface area contributed by atoms with Gasteiger partial charge in [-0.3, -0.25) is 9.36 Å². The quantitative estimate of drug-likeness (QED) is 0.321. The maximum atomic E-state index is 13.6. The van der Waals surface area contributed by atoms with E-state index in [1.807, 2.05) is 31.2 Å². The molecule has 39 heavy (non-hydrogen) atoms. The summed E-state index contributed by atoms with van der Waals surface area (Å²) in [5.41, 5.74) is 0.625. The van der Waals surface area contributed by atoms with E-state index in [-0.39, 0.29) is 30.0 Å². The molecule has 3 fully saturated rings. The summed E-state index contributed by atoms with van der Waals surface area (Å²) in [6, 6.07) is 14.7. The van der Waals surface area contributed by atoms with Gasteiger partial charge in [0.05, 0.1) is 17.6 Å². The number of hydrogen-bond donors (Lipinski definition) is 3. The molecule has 6 rings (SSSR count). The highest BCUT2D eigenvalue weighted by Crippen LogP contribution is 2.89. The highest BCUT2D eigenvalue weighted by atomic mass is 19.4. The molecule has 3 aliphatic carbocycles. The third-order valence-electron chi connectivity index (χ3n) is 8.41. The SMILES string of the molecule is CNc1nc(Oc2cccc(C3C4CC43C(F)(F)F)c2)n(Cc2ccc(C)cc2)c1C(=O)NCCC1(O)CC1. The number of halogens is 3. The molecule has 3 saturated carbocycles. The van der Waals surface area contributed by atoms with Crippen molar-refractivity contribution < 1.29 is 27.8 Å². The van der Waals surface area contributed by atoms with Crippen LogP contribution in [0.2, 0.25) is 0 Å². The lowest BCUT2D eigenvalue weighted by Crippen LogP contribution is -2.30. The molecule has 3 aromatic rings. The van der Waals surface area contributed by atoms with E-state index in [0.717, 1.165) is 24.0 Å². The van der Waals surface area contributed by atoms with Gasteiger partial charge < -0.3 is 20.5 Å². The zero-order chi connectivity index (χ0) is 27.6. The highest BCUT2D eigenvalue weighted by Gasteiger charge is 2.90. The Labute approximate surface area is 224 Å². The Bertz CT molecular complexity index is 1410. The number of imidazole rings is 1. The molecule has 7 nitrogen and oxygen atoms in total. The minimum absolute atomic E-state index is 0.148. The summed E-state index contributed by atoms with van der Waals surface area (Å²) < 4.78 is 48.5. The van der Waals surface area contributed by atoms with E-state index in [9.17, 15) is 23.1 Å². The van der Waals surface area contributed by atoms with E-state index < -0.39 is 23.1 Å². The standard InChI is InChI=1S/C29H31F3N4O3/c1-17-6-8-18(9-7-17)16-36-23(25(37)34-13-12-27(38)10-11-27)24(33-2)35-26(36)39-20-5-3-4-19(14-20)22-21-15-28(21,22)29(30,31)32/h3-9,14,21-22,33,38H,10-13,15-16H2,1-2H3,(H,34,37). The molecule has 2 aromatic carbocycles. The van der Waals surface area contributed by atoms with Crippen molar-refractivity contribution in [2.24, 2.45) is 11.3 Å². The highest BCUT2D eigenvalue weighted by molar-refractivity contribution is 5.97. The first-order valence-corrected chi connectivity index (χ1v) is 13.2. The Kier molecular flexibility index (Phi) is 5.94. The summed E-state index contributed by atoms with van der Waals surface area (Å²) in [6.45, 7) is 2.59. The van der Waals surface area contributed by atoms with E-state index in [2.05, 4.69) is 15.6 Å². The number of nitrogens with zero attached hydrogens (tertiary/aromatic N) is 2. The van der Waals surface area contributed by atoms with Gasteiger partial charge in [0.15, 0.2) is 11.5 Å². The summed E-state index contributed by atoms with van der Waals surface area (Å²) in [5.74, 6) is -0.579. The average molecular weight is 541 g/mol. The van der Waals surface area contributed by atoms with Crippen LogP contribution in [-0.2, 0) is 6.54 Å². The summed E-state index contributed by atoms with van der Waals surface area (Å²) >= 11 is 0. The predicted molar refractivity (Wildman–Crippen MR) is 139 cm³/mol. The molecule has 1 aromatic heterocycles. The van der Waals surface area contributed by atoms with Crippen molar-refractivity contribution in [1.82, 2.24) is 14.9 Å². The van der Waals surface area contributed by atoms with Crippen LogP contribution in [-0.4, -0.2) is 45.9 Å². The Hall–Kier alpha value is -3.53. The zero-order valence-corrected chi connectivity index (χ0v) is 21.8. The second-order valence-corrected chi connectivity index (χ2v) is 11.1. The molecule has 206 valence electrons. The number of amides is 1. The van der Waals surface area contributed by atoms with Crippen molar-refractivity contribution in [3.05, 3.63) is 70.9 Å². The lowest BCUT2D eigenvalue weighted by Gasteiger charge is -2.16. The third kappa shape index (κ3) is 4.64. The first-order chi connectivity index (χ1) is 18.5. The number of aryl methyl sites for hydroxylation is 1. The van der Waals surface area contributed by atoms with Gasteiger partial charge >= 0.3 is 12.2 Å². The van der Waals surface area contributed by atoms with Crippen molar-refractivity contribution in [2.75, 3.05) is 18.9 Å². The van der Waals surface area contributed by atoms with Crippen LogP contribution in [0.3, 0.4) is 0 Å². The van der Waals surface area contributed by atoms with Gasteiger partial charge in [0.25, 0.3) is 5.91 Å². The maximum absolute atomic E-state index is 13.6. The largest absolute Gasteiger partial charge is 0.425 e. The molecule has 0 saturated heterocycles. The second kappa shape index (κ2) is 9.01. The topological polar surface area (TPSA) is 88.4 Å². The Morgan fingerprint density at radius 1 is 1.21 bits per heavy atom. The van der Waals surface area contributed by atoms with Crippen LogP contribution in [0.5, 0.6) is 11.8 Å². The molecule has 3 atom stereocenters. The number of carbonyl (C=O) groups excluding carboxylic acids is 1. The number of benzene rings is 2. The van der Waals surface area contributed by atoms with Crippen LogP contribution in [0, 0.1) is 18.3 Å². The lowest BCUT2D eigenvalue weighted by atomic mass is 9.96. The van der Waals surface area contributed by atoms with Crippen LogP contribution in [0.25, 0.3) is 0 Å². The van der Waals surface area contributed by atoms with Gasteiger partial charge in [-0.2, -0.15) is 18.2 Å². The van der Waals surface area contributed by atoms with Crippen LogP contribution < -0.4 is 15.4 Å². The van der Waals surface area contributed by atoms with Crippen molar-refractivity contribution in [3.63, 3.8) is 0 Å². The molecule has 0 bridgehead atoms. The number of ether oxygens (including phenoxy) is 1. The molecule has 0 spiro atoms. The number of aliphatic hydroxyl groups is 1. The summed E-state index contributed by atoms with van der Waals surface area (Å²) in [7, 11) is 1.66. The van der Waals surface area contributed by atoms with Gasteiger partial charge in [0, 0.05) is 19.5 Å². The molecule has 3 N–H and O–H groups in total. The normalized spacial score (nSPS) is 24.1. The monoisotopic (exact) mass is 540 g/mol. The fourth-order valence-corrected chi connectivity index (χ4v) is 5.64. The second-order valence-electron chi connectivity index (χ2n) is 11.1. The number of nitrogens with one attached hydrogen (secondary N) is 2. The summed E-state index contributed by atoms with van der Waals surface area (Å²) in [6.07, 6.45) is -2.08. The molecule has 0 aliphatic heterocycles. The summed E-state index contributed by atoms with van der Waals surface area (Å²) in [4.78, 5) is 17.9. The first kappa shape index (κ1) is 25.7. The first-order valence-electron chi connectivity index (χ1n) is 13.2. The van der Waals surface area contributed by atoms with Crippen LogP contribution >= 0.6 is 0 Å². The molecule has 10 heteroatoms. The number of carbonyl (C=O) groups is 1. The molecule has 3 aliphatic rings. The fourth-order valence-electron chi connectivity index (χ4n) is 5.64. The van der Waals surface area contributed by atoms with Gasteiger partial charge in [0.2, 0.25) is 0 Å². The van der Waals surface area contributed by atoms with Gasteiger partial charge in [-0.25, -0.2) is 0 Å². The number of aromatic nitrogens is 2. The molecule has 3 unspecified atom stereocenters. The molecule has 0 radical (unpaired) electrons. The molecular weight excluding hydrogens is 509 g/mol. The Morgan fingerprint density at radius 3 is 2.56 bits per heavy atom. The molecular formula is C29H31F3N4O3. The van der Waals surface area contributed by atoms with E-state index >= 15 is 0 Å². The van der Waals surface area contributed by atoms with Crippen molar-refractivity contribution in [3.8, 4) is 11.8 Å². The van der Waals surface area contributed by atoms with Crippen molar-refractivity contribution >= 4 is 11.7 Å². The fraction of sp³-hybridized carbons (Fsp3) is 0.448. The van der Waals surface area contributed by atoms with Crippen LogP contribution in [0.15, 0.2) is 48.5 Å². The van der Waals surface area contributed by atoms with Crippen LogP contribution in [0.1, 0.15) is 58.8 Å². The maximum Gasteiger partial charge on any atom is 0.395 e. The van der Waals surface area contributed by atoms with E-state index in [1.54, 1.807) is 35.9 Å². The van der Waals surface area contributed by atoms with Crippen molar-refractivity contribution in [2.45, 2.75) is 56.8 Å². The van der Waals surface area contributed by atoms with E-state index in [0.29, 0.717) is 36.6 Å². The zero-order valence-electron chi connectivity index (χ0n) is 21.8. The number of hydrogen-bond acceptors (Lipinski definition) is 5. The average Bonchev–Trinajstić information content (AvgIpc) is 3.81. The smallest absolute Gasteiger partial charge is 0.395 e. The van der Waals surface area contributed by atoms with Crippen LogP contribution in [0.4, 0.5) is 19.0 Å². The van der Waals surface area contributed by atoms with E-state index in [1.165, 1.54) is 0 Å². The van der Waals surface area contributed by atoms with E-state index in [4.69, 9.17) is 4.74 Å². The van der Waals surface area contributed by atoms with Gasteiger partial charge in [-0.15, -0.1) is 0 Å². The van der Waals surface area contributed by atoms with Gasteiger partial charge in [0.1, 0.15) is 5.75 Å². The van der Waals surface area contributed by atoms with Crippen molar-refractivity contribution in [1.29, 1.82) is 0 Å². The molecule has 1 amide bonds. The Morgan fingerprint density at radius 2 is 1.95 bits per heavy atom. The number of alkyl halides is 3. The summed E-state index contributed by atoms with van der Waals surface area (Å²) in [5, 5.41) is 16.0. The minimum Gasteiger partial charge on any atom is -0.425 e. The third-order valence-corrected chi connectivity index (χ3v) is 8.41. The predicted octanol–water partition coefficient (Wildman–Crippen LogP) is 5.38. The molecule has 1 heterocycles. The lowest BCUT2D eigenvalue weighted by molar-refractivity contribution is -0.170.